The average molecular weight is 260 g/mol. The van der Waals surface area contributed by atoms with Crippen molar-refractivity contribution in [3.63, 3.8) is 0 Å². The quantitative estimate of drug-likeness (QED) is 0.886. The van der Waals surface area contributed by atoms with E-state index in [1.165, 1.54) is 11.3 Å². The second kappa shape index (κ2) is 4.83. The number of nitrogens with one attached hydrogen (secondary N) is 1. The summed E-state index contributed by atoms with van der Waals surface area (Å²) < 4.78 is 25.9. The van der Waals surface area contributed by atoms with E-state index in [0.29, 0.717) is 18.0 Å². The number of hydrogen-bond donors (Lipinski definition) is 1. The lowest BCUT2D eigenvalue weighted by Crippen LogP contribution is -2.27. The van der Waals surface area contributed by atoms with E-state index in [1.54, 1.807) is 15.8 Å². The Kier molecular flexibility index (Phi) is 3.63. The van der Waals surface area contributed by atoms with Crippen molar-refractivity contribution >= 4 is 21.4 Å². The molecule has 0 radical (unpaired) electrons. The number of sulfonamides is 1. The van der Waals surface area contributed by atoms with Crippen LogP contribution in [0.2, 0.25) is 0 Å². The van der Waals surface area contributed by atoms with Gasteiger partial charge in [0.05, 0.1) is 4.90 Å². The lowest BCUT2D eigenvalue weighted by atomic mass is 10.4. The van der Waals surface area contributed by atoms with Crippen molar-refractivity contribution in [2.75, 3.05) is 20.1 Å². The van der Waals surface area contributed by atoms with Crippen molar-refractivity contribution in [3.05, 3.63) is 16.3 Å². The fourth-order valence-corrected chi connectivity index (χ4v) is 4.63. The predicted octanol–water partition coefficient (Wildman–Crippen LogP) is 1.25. The van der Waals surface area contributed by atoms with Crippen LogP contribution >= 0.6 is 11.3 Å². The Morgan fingerprint density at radius 3 is 2.75 bits per heavy atom. The molecular formula is C10H16N2O2S2. The summed E-state index contributed by atoms with van der Waals surface area (Å²) in [6.45, 7) is 2.05. The summed E-state index contributed by atoms with van der Waals surface area (Å²) >= 11 is 1.49. The molecule has 1 aliphatic heterocycles. The van der Waals surface area contributed by atoms with Crippen molar-refractivity contribution in [2.24, 2.45) is 0 Å². The first-order valence-corrected chi connectivity index (χ1v) is 7.69. The predicted molar refractivity (Wildman–Crippen MR) is 65.1 cm³/mol. The zero-order chi connectivity index (χ0) is 11.6. The van der Waals surface area contributed by atoms with Crippen LogP contribution in [0.3, 0.4) is 0 Å². The van der Waals surface area contributed by atoms with Gasteiger partial charge in [-0.1, -0.05) is 0 Å². The van der Waals surface area contributed by atoms with Gasteiger partial charge in [0.15, 0.2) is 0 Å². The molecule has 0 aromatic carbocycles. The maximum absolute atomic E-state index is 12.2. The number of rotatable bonds is 4. The molecule has 0 spiro atoms. The van der Waals surface area contributed by atoms with E-state index >= 15 is 0 Å². The molecule has 2 heterocycles. The standard InChI is InChI=1S/C10H16N2O2S2/c1-11-7-9-6-10(8-15-9)16(13,14)12-4-2-3-5-12/h6,8,11H,2-5,7H2,1H3. The monoisotopic (exact) mass is 260 g/mol. The van der Waals surface area contributed by atoms with Crippen LogP contribution < -0.4 is 5.32 Å². The molecule has 0 amide bonds. The van der Waals surface area contributed by atoms with E-state index in [9.17, 15) is 8.42 Å². The van der Waals surface area contributed by atoms with Gasteiger partial charge in [-0.2, -0.15) is 4.31 Å². The summed E-state index contributed by atoms with van der Waals surface area (Å²) in [5.74, 6) is 0. The van der Waals surface area contributed by atoms with Crippen LogP contribution in [0.15, 0.2) is 16.3 Å². The Balaban J connectivity index is 2.21. The van der Waals surface area contributed by atoms with E-state index in [2.05, 4.69) is 5.32 Å². The van der Waals surface area contributed by atoms with E-state index < -0.39 is 10.0 Å². The molecular weight excluding hydrogens is 244 g/mol. The Labute approximate surface area is 100 Å². The van der Waals surface area contributed by atoms with E-state index in [4.69, 9.17) is 0 Å². The number of thiophene rings is 1. The summed E-state index contributed by atoms with van der Waals surface area (Å²) in [6, 6.07) is 1.77. The molecule has 0 aliphatic carbocycles. The molecule has 2 rings (SSSR count). The second-order valence-corrected chi connectivity index (χ2v) is 6.82. The fourth-order valence-electron chi connectivity index (χ4n) is 1.84. The third kappa shape index (κ3) is 2.29. The van der Waals surface area contributed by atoms with Gasteiger partial charge < -0.3 is 5.32 Å². The SMILES string of the molecule is CNCc1cc(S(=O)(=O)N2CCCC2)cs1. The van der Waals surface area contributed by atoms with Crippen LogP contribution in [0.25, 0.3) is 0 Å². The first kappa shape index (κ1) is 12.0. The molecule has 0 unspecified atom stereocenters. The molecule has 0 bridgehead atoms. The third-order valence-electron chi connectivity index (χ3n) is 2.68. The first-order valence-electron chi connectivity index (χ1n) is 5.37. The van der Waals surface area contributed by atoms with Gasteiger partial charge in [0, 0.05) is 29.9 Å². The highest BCUT2D eigenvalue weighted by atomic mass is 32.2. The summed E-state index contributed by atoms with van der Waals surface area (Å²) in [7, 11) is -1.36. The Morgan fingerprint density at radius 1 is 1.44 bits per heavy atom. The van der Waals surface area contributed by atoms with Crippen LogP contribution in [0.4, 0.5) is 0 Å². The van der Waals surface area contributed by atoms with Crippen molar-refractivity contribution in [1.29, 1.82) is 0 Å². The molecule has 1 fully saturated rings. The van der Waals surface area contributed by atoms with Gasteiger partial charge in [0.25, 0.3) is 0 Å². The van der Waals surface area contributed by atoms with E-state index in [1.807, 2.05) is 7.05 Å². The highest BCUT2D eigenvalue weighted by Gasteiger charge is 2.27. The Hall–Kier alpha value is -0.430. The maximum Gasteiger partial charge on any atom is 0.243 e. The normalized spacial score (nSPS) is 18.1. The summed E-state index contributed by atoms with van der Waals surface area (Å²) in [5.41, 5.74) is 0. The molecule has 4 nitrogen and oxygen atoms in total. The Morgan fingerprint density at radius 2 is 2.12 bits per heavy atom. The minimum atomic E-state index is -3.22. The Bertz CT molecular complexity index is 447. The molecule has 0 atom stereocenters. The number of nitrogens with zero attached hydrogens (tertiary/aromatic N) is 1. The topological polar surface area (TPSA) is 49.4 Å². The minimum Gasteiger partial charge on any atom is -0.315 e. The van der Waals surface area contributed by atoms with E-state index in [-0.39, 0.29) is 0 Å². The highest BCUT2D eigenvalue weighted by Crippen LogP contribution is 2.25. The van der Waals surface area contributed by atoms with Gasteiger partial charge in [0.2, 0.25) is 10.0 Å². The molecule has 1 saturated heterocycles. The van der Waals surface area contributed by atoms with Crippen molar-refractivity contribution in [1.82, 2.24) is 9.62 Å². The highest BCUT2D eigenvalue weighted by molar-refractivity contribution is 7.89. The molecule has 1 aliphatic rings. The molecule has 16 heavy (non-hydrogen) atoms. The average Bonchev–Trinajstić information content (AvgIpc) is 2.88. The lowest BCUT2D eigenvalue weighted by Gasteiger charge is -2.13. The molecule has 1 aromatic heterocycles. The van der Waals surface area contributed by atoms with Crippen LogP contribution in [-0.4, -0.2) is 32.9 Å². The largest absolute Gasteiger partial charge is 0.315 e. The summed E-state index contributed by atoms with van der Waals surface area (Å²) in [4.78, 5) is 1.50. The van der Waals surface area contributed by atoms with Gasteiger partial charge in [-0.3, -0.25) is 0 Å². The molecule has 90 valence electrons. The maximum atomic E-state index is 12.2. The molecule has 6 heteroatoms. The van der Waals surface area contributed by atoms with Crippen LogP contribution in [0.1, 0.15) is 17.7 Å². The van der Waals surface area contributed by atoms with Gasteiger partial charge in [-0.25, -0.2) is 8.42 Å². The number of hydrogen-bond acceptors (Lipinski definition) is 4. The fraction of sp³-hybridized carbons (Fsp3) is 0.600. The van der Waals surface area contributed by atoms with Gasteiger partial charge in [0.1, 0.15) is 0 Å². The zero-order valence-corrected chi connectivity index (χ0v) is 10.9. The molecule has 1 aromatic rings. The van der Waals surface area contributed by atoms with E-state index in [0.717, 1.165) is 24.3 Å². The van der Waals surface area contributed by atoms with Crippen molar-refractivity contribution < 1.29 is 8.42 Å². The van der Waals surface area contributed by atoms with Gasteiger partial charge in [-0.15, -0.1) is 11.3 Å². The zero-order valence-electron chi connectivity index (χ0n) is 9.27. The summed E-state index contributed by atoms with van der Waals surface area (Å²) in [6.07, 6.45) is 1.96. The molecule has 1 N–H and O–H groups in total. The first-order chi connectivity index (χ1) is 7.64. The van der Waals surface area contributed by atoms with Crippen LogP contribution in [0, 0.1) is 0 Å². The lowest BCUT2D eigenvalue weighted by molar-refractivity contribution is 0.477. The van der Waals surface area contributed by atoms with Gasteiger partial charge in [-0.05, 0) is 26.0 Å². The van der Waals surface area contributed by atoms with Gasteiger partial charge >= 0.3 is 0 Å². The van der Waals surface area contributed by atoms with Crippen molar-refractivity contribution in [3.8, 4) is 0 Å². The summed E-state index contributed by atoms with van der Waals surface area (Å²) in [5, 5.41) is 4.76. The smallest absolute Gasteiger partial charge is 0.243 e. The second-order valence-electron chi connectivity index (χ2n) is 3.89. The van der Waals surface area contributed by atoms with Crippen LogP contribution in [-0.2, 0) is 16.6 Å². The minimum absolute atomic E-state index is 0.449. The van der Waals surface area contributed by atoms with Crippen LogP contribution in [0.5, 0.6) is 0 Å². The third-order valence-corrected chi connectivity index (χ3v) is 5.65. The van der Waals surface area contributed by atoms with Crippen molar-refractivity contribution in [2.45, 2.75) is 24.3 Å². The molecule has 0 saturated carbocycles.